The molecule has 1 aliphatic rings. The second-order valence-electron chi connectivity index (χ2n) is 3.29. The van der Waals surface area contributed by atoms with Crippen LogP contribution in [0.15, 0.2) is 0 Å². The summed E-state index contributed by atoms with van der Waals surface area (Å²) < 4.78 is 4.70. The van der Waals surface area contributed by atoms with Crippen LogP contribution in [0.5, 0.6) is 0 Å². The summed E-state index contributed by atoms with van der Waals surface area (Å²) in [5.74, 6) is 0. The average Bonchev–Trinajstić information content (AvgIpc) is 1.98. The zero-order valence-electron chi connectivity index (χ0n) is 7.43. The molecule has 70 valence electrons. The Kier molecular flexibility index (Phi) is 2.92. The number of nitrogens with one attached hydrogen (secondary N) is 1. The second-order valence-corrected chi connectivity index (χ2v) is 3.29. The Bertz CT molecular complexity index is 166. The van der Waals surface area contributed by atoms with Gasteiger partial charge in [-0.1, -0.05) is 0 Å². The molecule has 0 aromatic carbocycles. The van der Waals surface area contributed by atoms with E-state index in [9.17, 15) is 4.79 Å². The number of amides is 1. The van der Waals surface area contributed by atoms with Crippen LogP contribution in [0.2, 0.25) is 0 Å². The molecule has 0 spiro atoms. The van der Waals surface area contributed by atoms with Crippen molar-refractivity contribution in [2.75, 3.05) is 13.2 Å². The molecule has 1 saturated carbocycles. The lowest BCUT2D eigenvalue weighted by Crippen LogP contribution is -2.55. The highest BCUT2D eigenvalue weighted by Gasteiger charge is 2.32. The molecule has 0 unspecified atom stereocenters. The van der Waals surface area contributed by atoms with Crippen molar-refractivity contribution < 1.29 is 9.53 Å². The summed E-state index contributed by atoms with van der Waals surface area (Å²) in [6.07, 6.45) is 2.80. The van der Waals surface area contributed by atoms with Gasteiger partial charge in [0.15, 0.2) is 0 Å². The summed E-state index contributed by atoms with van der Waals surface area (Å²) >= 11 is 0. The maximum Gasteiger partial charge on any atom is 0.407 e. The van der Waals surface area contributed by atoms with Gasteiger partial charge in [0.2, 0.25) is 0 Å². The van der Waals surface area contributed by atoms with Crippen LogP contribution in [-0.4, -0.2) is 24.8 Å². The molecule has 0 atom stereocenters. The highest BCUT2D eigenvalue weighted by molar-refractivity contribution is 5.67. The van der Waals surface area contributed by atoms with Crippen LogP contribution in [0.25, 0.3) is 0 Å². The molecular formula is C8H16N2O2. The van der Waals surface area contributed by atoms with Crippen molar-refractivity contribution in [1.82, 2.24) is 5.32 Å². The Balaban J connectivity index is 2.12. The van der Waals surface area contributed by atoms with Gasteiger partial charge in [0.1, 0.15) is 0 Å². The first kappa shape index (κ1) is 9.32. The molecule has 1 fully saturated rings. The lowest BCUT2D eigenvalue weighted by Gasteiger charge is -2.37. The predicted molar refractivity (Wildman–Crippen MR) is 45.8 cm³/mol. The third-order valence-electron chi connectivity index (χ3n) is 2.21. The van der Waals surface area contributed by atoms with Gasteiger partial charge < -0.3 is 15.8 Å². The molecule has 4 nitrogen and oxygen atoms in total. The topological polar surface area (TPSA) is 64.3 Å². The van der Waals surface area contributed by atoms with Crippen LogP contribution in [-0.2, 0) is 4.74 Å². The van der Waals surface area contributed by atoms with Gasteiger partial charge in [0.05, 0.1) is 6.61 Å². The van der Waals surface area contributed by atoms with E-state index in [-0.39, 0.29) is 11.6 Å². The van der Waals surface area contributed by atoms with E-state index in [1.807, 2.05) is 0 Å². The lowest BCUT2D eigenvalue weighted by molar-refractivity contribution is 0.143. The van der Waals surface area contributed by atoms with Crippen molar-refractivity contribution in [2.24, 2.45) is 5.73 Å². The third kappa shape index (κ3) is 2.37. The molecule has 0 radical (unpaired) electrons. The molecule has 12 heavy (non-hydrogen) atoms. The molecule has 1 amide bonds. The molecule has 0 saturated heterocycles. The Hall–Kier alpha value is -0.770. The molecule has 4 heteroatoms. The number of carbonyl (C=O) groups is 1. The summed E-state index contributed by atoms with van der Waals surface area (Å²) in [6, 6.07) is 0. The SMILES string of the molecule is CCOC(=O)NCC1(N)CCC1. The van der Waals surface area contributed by atoms with Crippen LogP contribution >= 0.6 is 0 Å². The number of hydrogen-bond donors (Lipinski definition) is 2. The zero-order chi connectivity index (χ0) is 9.03. The van der Waals surface area contributed by atoms with E-state index >= 15 is 0 Å². The maximum absolute atomic E-state index is 10.8. The van der Waals surface area contributed by atoms with Crippen molar-refractivity contribution in [3.05, 3.63) is 0 Å². The molecule has 3 N–H and O–H groups in total. The number of rotatable bonds is 3. The van der Waals surface area contributed by atoms with Gasteiger partial charge in [-0.2, -0.15) is 0 Å². The second kappa shape index (κ2) is 3.76. The summed E-state index contributed by atoms with van der Waals surface area (Å²) in [5.41, 5.74) is 5.72. The van der Waals surface area contributed by atoms with Crippen molar-refractivity contribution >= 4 is 6.09 Å². The highest BCUT2D eigenvalue weighted by atomic mass is 16.5. The Morgan fingerprint density at radius 3 is 2.75 bits per heavy atom. The Morgan fingerprint density at radius 1 is 1.67 bits per heavy atom. The Labute approximate surface area is 72.5 Å². The number of alkyl carbamates (subject to hydrolysis) is 1. The minimum absolute atomic E-state index is 0.160. The predicted octanol–water partition coefficient (Wildman–Crippen LogP) is 0.614. The van der Waals surface area contributed by atoms with Gasteiger partial charge in [-0.15, -0.1) is 0 Å². The van der Waals surface area contributed by atoms with Crippen LogP contribution in [0.1, 0.15) is 26.2 Å². The first-order chi connectivity index (χ1) is 5.66. The molecule has 0 heterocycles. The number of ether oxygens (including phenoxy) is 1. The van der Waals surface area contributed by atoms with Gasteiger partial charge in [-0.25, -0.2) is 4.79 Å². The molecule has 0 aliphatic heterocycles. The molecule has 1 aliphatic carbocycles. The third-order valence-corrected chi connectivity index (χ3v) is 2.21. The fourth-order valence-electron chi connectivity index (χ4n) is 1.24. The van der Waals surface area contributed by atoms with Gasteiger partial charge in [-0.3, -0.25) is 0 Å². The van der Waals surface area contributed by atoms with Crippen LogP contribution in [0.3, 0.4) is 0 Å². The summed E-state index contributed by atoms with van der Waals surface area (Å²) in [5, 5.41) is 2.64. The van der Waals surface area contributed by atoms with Gasteiger partial charge in [0.25, 0.3) is 0 Å². The number of nitrogens with two attached hydrogens (primary N) is 1. The molecule has 1 rings (SSSR count). The van der Waals surface area contributed by atoms with E-state index in [4.69, 9.17) is 10.5 Å². The number of carbonyl (C=O) groups excluding carboxylic acids is 1. The summed E-state index contributed by atoms with van der Waals surface area (Å²) in [4.78, 5) is 10.8. The number of hydrogen-bond acceptors (Lipinski definition) is 3. The monoisotopic (exact) mass is 172 g/mol. The first-order valence-electron chi connectivity index (χ1n) is 4.36. The molecule has 0 bridgehead atoms. The first-order valence-corrected chi connectivity index (χ1v) is 4.36. The Morgan fingerprint density at radius 2 is 2.33 bits per heavy atom. The van der Waals surface area contributed by atoms with Gasteiger partial charge >= 0.3 is 6.09 Å². The van der Waals surface area contributed by atoms with Crippen molar-refractivity contribution in [3.63, 3.8) is 0 Å². The maximum atomic E-state index is 10.8. The van der Waals surface area contributed by atoms with E-state index in [1.165, 1.54) is 6.42 Å². The van der Waals surface area contributed by atoms with E-state index < -0.39 is 0 Å². The zero-order valence-corrected chi connectivity index (χ0v) is 7.43. The van der Waals surface area contributed by atoms with Gasteiger partial charge in [-0.05, 0) is 26.2 Å². The highest BCUT2D eigenvalue weighted by Crippen LogP contribution is 2.27. The van der Waals surface area contributed by atoms with Crippen molar-refractivity contribution in [3.8, 4) is 0 Å². The average molecular weight is 172 g/mol. The molecule has 0 aromatic heterocycles. The molecular weight excluding hydrogens is 156 g/mol. The van der Waals surface area contributed by atoms with E-state index in [0.29, 0.717) is 13.2 Å². The fourth-order valence-corrected chi connectivity index (χ4v) is 1.24. The molecule has 0 aromatic rings. The van der Waals surface area contributed by atoms with E-state index in [1.54, 1.807) is 6.92 Å². The van der Waals surface area contributed by atoms with E-state index in [0.717, 1.165) is 12.8 Å². The fraction of sp³-hybridized carbons (Fsp3) is 0.875. The standard InChI is InChI=1S/C8H16N2O2/c1-2-12-7(11)10-6-8(9)4-3-5-8/h2-6,9H2,1H3,(H,10,11). The summed E-state index contributed by atoms with van der Waals surface area (Å²) in [7, 11) is 0. The minimum atomic E-state index is -0.366. The lowest BCUT2D eigenvalue weighted by atomic mass is 9.78. The van der Waals surface area contributed by atoms with Crippen molar-refractivity contribution in [2.45, 2.75) is 31.7 Å². The smallest absolute Gasteiger partial charge is 0.407 e. The quantitative estimate of drug-likeness (QED) is 0.655. The van der Waals surface area contributed by atoms with Crippen LogP contribution < -0.4 is 11.1 Å². The van der Waals surface area contributed by atoms with Crippen LogP contribution in [0.4, 0.5) is 4.79 Å². The van der Waals surface area contributed by atoms with Crippen molar-refractivity contribution in [1.29, 1.82) is 0 Å². The normalized spacial score (nSPS) is 19.5. The largest absolute Gasteiger partial charge is 0.450 e. The van der Waals surface area contributed by atoms with E-state index in [2.05, 4.69) is 5.32 Å². The minimum Gasteiger partial charge on any atom is -0.450 e. The summed E-state index contributed by atoms with van der Waals surface area (Å²) in [6.45, 7) is 2.72. The van der Waals surface area contributed by atoms with Gasteiger partial charge in [0, 0.05) is 12.1 Å². The van der Waals surface area contributed by atoms with Crippen LogP contribution in [0, 0.1) is 0 Å².